The number of carbonyl (C=O) groups is 1. The molecule has 0 radical (unpaired) electrons. The summed E-state index contributed by atoms with van der Waals surface area (Å²) in [4.78, 5) is 12.4. The summed E-state index contributed by atoms with van der Waals surface area (Å²) < 4.78 is 42.1. The summed E-state index contributed by atoms with van der Waals surface area (Å²) in [6.45, 7) is 14.6. The summed E-state index contributed by atoms with van der Waals surface area (Å²) >= 11 is 0. The SMILES string of the molecule is C[C@H]1C(O[C@@H]2CC[C@@]3(C)C(C2)C[C@H](O)C2C3CC[C@@]3(C)C2CCC3[C@H](C)CCC(=O)NCC[SH](=O)=O)OC2O[C@@H](C)CCC3C2C1CC[C@H]3C. The van der Waals surface area contributed by atoms with Crippen LogP contribution in [0.1, 0.15) is 131 Å². The summed E-state index contributed by atoms with van der Waals surface area (Å²) in [5.74, 6) is 5.75. The quantitative estimate of drug-likeness (QED) is 0.175. The molecule has 2 heterocycles. The van der Waals surface area contributed by atoms with Crippen molar-refractivity contribution in [2.75, 3.05) is 12.3 Å². The van der Waals surface area contributed by atoms with Crippen LogP contribution in [0.3, 0.4) is 0 Å². The van der Waals surface area contributed by atoms with Crippen molar-refractivity contribution >= 4 is 16.6 Å². The van der Waals surface area contributed by atoms with Gasteiger partial charge >= 0.3 is 0 Å². The van der Waals surface area contributed by atoms with Gasteiger partial charge in [-0.1, -0.05) is 41.0 Å². The molecule has 0 spiro atoms. The van der Waals surface area contributed by atoms with E-state index in [1.165, 1.54) is 51.4 Å². The lowest BCUT2D eigenvalue weighted by atomic mass is 9.43. The zero-order chi connectivity index (χ0) is 35.5. The Bertz CT molecular complexity index is 1290. The van der Waals surface area contributed by atoms with E-state index >= 15 is 0 Å². The summed E-state index contributed by atoms with van der Waals surface area (Å²) in [6.07, 6.45) is 14.9. The van der Waals surface area contributed by atoms with Crippen molar-refractivity contribution in [2.45, 2.75) is 162 Å². The number of amides is 1. The predicted molar refractivity (Wildman–Crippen MR) is 195 cm³/mol. The lowest BCUT2D eigenvalue weighted by Crippen LogP contribution is -2.59. The van der Waals surface area contributed by atoms with Crippen molar-refractivity contribution in [3.05, 3.63) is 0 Å². The maximum Gasteiger partial charge on any atom is 0.220 e. The maximum absolute atomic E-state index is 12.4. The van der Waals surface area contributed by atoms with Crippen molar-refractivity contribution in [2.24, 2.45) is 75.9 Å². The van der Waals surface area contributed by atoms with E-state index in [1.54, 1.807) is 0 Å². The molecule has 2 aliphatic heterocycles. The first-order valence-corrected chi connectivity index (χ1v) is 22.2. The standard InChI is InChI=1S/C41H69NO7S/c1-23-7-10-30-26(4)38(49-39-36(30)29(23)11-9-25(3)47-39)48-28-15-17-40(5)27(21-28)22-34(43)37-32-13-12-31(41(32,6)18-16-33(37)40)24(2)8-14-35(44)42-19-20-50(45)46/h23-34,36-39,43,50H,7-22H2,1-6H3,(H,42,44)/t23-,24-,25+,26-,27?,28-,29?,30?,31?,32?,33?,34+,36?,37?,38?,39?,40+,41-/m1/s1. The highest BCUT2D eigenvalue weighted by atomic mass is 32.2. The Hall–Kier alpha value is -0.740. The summed E-state index contributed by atoms with van der Waals surface area (Å²) in [6, 6.07) is 0. The van der Waals surface area contributed by atoms with Crippen LogP contribution >= 0.6 is 0 Å². The van der Waals surface area contributed by atoms with Crippen LogP contribution in [0.15, 0.2) is 0 Å². The molecule has 2 saturated heterocycles. The van der Waals surface area contributed by atoms with Gasteiger partial charge in [-0.25, -0.2) is 8.42 Å². The highest BCUT2D eigenvalue weighted by molar-refractivity contribution is 7.72. The smallest absolute Gasteiger partial charge is 0.220 e. The van der Waals surface area contributed by atoms with Gasteiger partial charge in [-0.3, -0.25) is 4.79 Å². The van der Waals surface area contributed by atoms with Crippen LogP contribution in [-0.4, -0.2) is 62.6 Å². The van der Waals surface area contributed by atoms with Gasteiger partial charge in [0.1, 0.15) is 10.7 Å². The molecule has 5 saturated carbocycles. The minimum Gasteiger partial charge on any atom is -0.393 e. The maximum atomic E-state index is 12.4. The van der Waals surface area contributed by atoms with Gasteiger partial charge in [0, 0.05) is 24.8 Å². The number of fused-ring (bicyclic) bond motifs is 5. The number of hydrogen-bond donors (Lipinski definition) is 3. The highest BCUT2D eigenvalue weighted by Crippen LogP contribution is 2.68. The Kier molecular flexibility index (Phi) is 11.1. The minimum absolute atomic E-state index is 0.00130. The first-order chi connectivity index (χ1) is 23.8. The molecule has 0 bridgehead atoms. The van der Waals surface area contributed by atoms with Gasteiger partial charge in [0.15, 0.2) is 12.6 Å². The van der Waals surface area contributed by atoms with Crippen molar-refractivity contribution in [3.63, 3.8) is 0 Å². The molecule has 2 N–H and O–H groups in total. The summed E-state index contributed by atoms with van der Waals surface area (Å²) in [5, 5.41) is 14.8. The molecule has 1 amide bonds. The third-order valence-electron chi connectivity index (χ3n) is 16.8. The molecule has 0 aromatic carbocycles. The second kappa shape index (κ2) is 14.8. The second-order valence-corrected chi connectivity index (χ2v) is 20.3. The molecule has 9 heteroatoms. The molecule has 7 fully saturated rings. The van der Waals surface area contributed by atoms with Crippen molar-refractivity contribution in [1.29, 1.82) is 0 Å². The molecule has 50 heavy (non-hydrogen) atoms. The highest BCUT2D eigenvalue weighted by Gasteiger charge is 2.63. The topological polar surface area (TPSA) is 111 Å². The van der Waals surface area contributed by atoms with Crippen LogP contribution in [0.25, 0.3) is 0 Å². The summed E-state index contributed by atoms with van der Waals surface area (Å²) in [5.41, 5.74) is 0.431. The predicted octanol–water partition coefficient (Wildman–Crippen LogP) is 6.94. The van der Waals surface area contributed by atoms with Gasteiger partial charge in [0.2, 0.25) is 5.91 Å². The fourth-order valence-corrected chi connectivity index (χ4v) is 14.3. The number of thiol groups is 1. The number of hydrogen-bond acceptors (Lipinski definition) is 7. The zero-order valence-corrected chi connectivity index (χ0v) is 32.8. The average molecular weight is 720 g/mol. The van der Waals surface area contributed by atoms with Gasteiger partial charge in [0.05, 0.1) is 24.1 Å². The molecule has 18 atom stereocenters. The van der Waals surface area contributed by atoms with Crippen molar-refractivity contribution in [3.8, 4) is 0 Å². The van der Waals surface area contributed by atoms with Gasteiger partial charge in [-0.2, -0.15) is 0 Å². The minimum atomic E-state index is -2.46. The second-order valence-electron chi connectivity index (χ2n) is 19.2. The number of nitrogens with one attached hydrogen (secondary N) is 1. The molecule has 0 aromatic heterocycles. The third-order valence-corrected chi connectivity index (χ3v) is 17.4. The van der Waals surface area contributed by atoms with Gasteiger partial charge in [-0.05, 0) is 148 Å². The van der Waals surface area contributed by atoms with E-state index in [1.807, 2.05) is 0 Å². The van der Waals surface area contributed by atoms with Crippen molar-refractivity contribution < 1.29 is 32.5 Å². The van der Waals surface area contributed by atoms with E-state index in [0.29, 0.717) is 65.6 Å². The van der Waals surface area contributed by atoms with Gasteiger partial charge in [-0.15, -0.1) is 0 Å². The van der Waals surface area contributed by atoms with E-state index < -0.39 is 10.7 Å². The molecule has 0 aromatic rings. The van der Waals surface area contributed by atoms with E-state index in [9.17, 15) is 18.3 Å². The van der Waals surface area contributed by atoms with Crippen LogP contribution < -0.4 is 5.32 Å². The van der Waals surface area contributed by atoms with Crippen LogP contribution in [0.5, 0.6) is 0 Å². The van der Waals surface area contributed by atoms with Crippen LogP contribution in [0.2, 0.25) is 0 Å². The van der Waals surface area contributed by atoms with Crippen molar-refractivity contribution in [1.82, 2.24) is 5.32 Å². The Morgan fingerprint density at radius 3 is 2.42 bits per heavy atom. The van der Waals surface area contributed by atoms with E-state index in [-0.39, 0.29) is 59.9 Å². The molecule has 7 aliphatic rings. The number of rotatable bonds is 9. The fraction of sp³-hybridized carbons (Fsp3) is 0.976. The molecule has 286 valence electrons. The molecule has 7 rings (SSSR count). The number of ether oxygens (including phenoxy) is 3. The first-order valence-electron chi connectivity index (χ1n) is 20.8. The van der Waals surface area contributed by atoms with E-state index in [0.717, 1.165) is 38.0 Å². The molecular formula is C41H69NO7S. The largest absolute Gasteiger partial charge is 0.393 e. The molecule has 8 nitrogen and oxygen atoms in total. The van der Waals surface area contributed by atoms with Crippen LogP contribution in [0, 0.1) is 75.9 Å². The van der Waals surface area contributed by atoms with Crippen LogP contribution in [-0.2, 0) is 29.7 Å². The molecule has 5 aliphatic carbocycles. The Labute approximate surface area is 304 Å². The lowest BCUT2D eigenvalue weighted by molar-refractivity contribution is -0.345. The van der Waals surface area contributed by atoms with Gasteiger partial charge < -0.3 is 24.6 Å². The zero-order valence-electron chi connectivity index (χ0n) is 31.9. The normalized spacial score (nSPS) is 50.7. The first kappa shape index (κ1) is 37.6. The Balaban J connectivity index is 0.975. The lowest BCUT2D eigenvalue weighted by Gasteiger charge is -2.62. The van der Waals surface area contributed by atoms with E-state index in [2.05, 4.69) is 46.9 Å². The number of aliphatic hydroxyl groups excluding tert-OH is 1. The Morgan fingerprint density at radius 1 is 0.900 bits per heavy atom. The average Bonchev–Trinajstić information content (AvgIpc) is 3.33. The monoisotopic (exact) mass is 719 g/mol. The van der Waals surface area contributed by atoms with Crippen LogP contribution in [0.4, 0.5) is 0 Å². The number of aliphatic hydroxyl groups is 1. The summed E-state index contributed by atoms with van der Waals surface area (Å²) in [7, 11) is -2.46. The number of carbonyl (C=O) groups excluding carboxylic acids is 1. The van der Waals surface area contributed by atoms with E-state index in [4.69, 9.17) is 14.2 Å². The molecular weight excluding hydrogens is 651 g/mol. The fourth-order valence-electron chi connectivity index (χ4n) is 14.0. The molecule has 10 unspecified atom stereocenters. The third kappa shape index (κ3) is 6.88. The van der Waals surface area contributed by atoms with Gasteiger partial charge in [0.25, 0.3) is 0 Å². The Morgan fingerprint density at radius 2 is 1.64 bits per heavy atom.